The molecule has 1 fully saturated rings. The molecule has 1 rings (SSSR count). The minimum Gasteiger partial charge on any atom is -0.480 e. The molecule has 0 aromatic rings. The second-order valence-corrected chi connectivity index (χ2v) is 6.64. The molecule has 0 heterocycles. The zero-order valence-corrected chi connectivity index (χ0v) is 14.7. The summed E-state index contributed by atoms with van der Waals surface area (Å²) in [7, 11) is 0. The van der Waals surface area contributed by atoms with Crippen LogP contribution in [0.25, 0.3) is 0 Å². The Kier molecular flexibility index (Phi) is 7.60. The van der Waals surface area contributed by atoms with Crippen molar-refractivity contribution in [2.45, 2.75) is 70.9 Å². The Morgan fingerprint density at radius 3 is 2.58 bits per heavy atom. The quantitative estimate of drug-likeness (QED) is 0.558. The number of rotatable bonds is 9. The number of hydrogen-bond acceptors (Lipinski definition) is 4. The predicted molar refractivity (Wildman–Crippen MR) is 90.4 cm³/mol. The third-order valence-electron chi connectivity index (χ3n) is 4.94. The summed E-state index contributed by atoms with van der Waals surface area (Å²) < 4.78 is 0. The van der Waals surface area contributed by atoms with E-state index in [4.69, 9.17) is 0 Å². The molecule has 0 saturated heterocycles. The standard InChI is InChI=1S/C18H29NO5/c1-4-6-7-10-18(24)13(8-9-14(18)20)11-15(21)19-16(17(22)23)12(3)5-2/h6-7,12-13,16,24H,4-5,8-11H2,1-3H3,(H,19,21)(H,22,23)/b7-6+/t12-,13-,16+,18-/m1/s1. The van der Waals surface area contributed by atoms with E-state index in [9.17, 15) is 24.6 Å². The van der Waals surface area contributed by atoms with Gasteiger partial charge in [0.05, 0.1) is 0 Å². The molecule has 0 aromatic heterocycles. The molecule has 6 nitrogen and oxygen atoms in total. The number of carbonyl (C=O) groups excluding carboxylic acids is 2. The molecule has 0 spiro atoms. The fourth-order valence-electron chi connectivity index (χ4n) is 3.11. The Labute approximate surface area is 143 Å². The van der Waals surface area contributed by atoms with Crippen LogP contribution in [0.4, 0.5) is 0 Å². The molecule has 0 aromatic carbocycles. The van der Waals surface area contributed by atoms with Gasteiger partial charge in [0.1, 0.15) is 11.6 Å². The number of nitrogens with one attached hydrogen (secondary N) is 1. The molecule has 6 heteroatoms. The van der Waals surface area contributed by atoms with Crippen molar-refractivity contribution >= 4 is 17.7 Å². The van der Waals surface area contributed by atoms with Crippen molar-refractivity contribution in [1.29, 1.82) is 0 Å². The summed E-state index contributed by atoms with van der Waals surface area (Å²) in [4.78, 5) is 35.6. The monoisotopic (exact) mass is 339 g/mol. The molecule has 1 aliphatic carbocycles. The molecule has 0 aliphatic heterocycles. The summed E-state index contributed by atoms with van der Waals surface area (Å²) in [5, 5.41) is 22.5. The van der Waals surface area contributed by atoms with Crippen LogP contribution in [0.5, 0.6) is 0 Å². The van der Waals surface area contributed by atoms with Crippen molar-refractivity contribution in [3.8, 4) is 0 Å². The van der Waals surface area contributed by atoms with Gasteiger partial charge in [0, 0.05) is 25.2 Å². The van der Waals surface area contributed by atoms with Gasteiger partial charge in [-0.05, 0) is 18.8 Å². The molecular weight excluding hydrogens is 310 g/mol. The minimum atomic E-state index is -1.52. The van der Waals surface area contributed by atoms with E-state index in [-0.39, 0.29) is 31.0 Å². The molecule has 1 saturated carbocycles. The number of carboxylic acids is 1. The summed E-state index contributed by atoms with van der Waals surface area (Å²) in [6.45, 7) is 5.59. The van der Waals surface area contributed by atoms with Crippen LogP contribution in [0.15, 0.2) is 12.2 Å². The molecule has 4 atom stereocenters. The third kappa shape index (κ3) is 4.90. The predicted octanol–water partition coefficient (Wildman–Crippen LogP) is 2.06. The molecule has 24 heavy (non-hydrogen) atoms. The largest absolute Gasteiger partial charge is 0.480 e. The van der Waals surface area contributed by atoms with Gasteiger partial charge in [-0.1, -0.05) is 39.3 Å². The maximum atomic E-state index is 12.2. The average Bonchev–Trinajstić information content (AvgIpc) is 2.80. The lowest BCUT2D eigenvalue weighted by Gasteiger charge is -2.28. The van der Waals surface area contributed by atoms with Gasteiger partial charge in [0.25, 0.3) is 0 Å². The van der Waals surface area contributed by atoms with E-state index in [1.807, 2.05) is 19.9 Å². The zero-order chi connectivity index (χ0) is 18.3. The smallest absolute Gasteiger partial charge is 0.326 e. The number of carbonyl (C=O) groups is 3. The highest BCUT2D eigenvalue weighted by Gasteiger charge is 2.48. The molecule has 3 N–H and O–H groups in total. The Bertz CT molecular complexity index is 502. The maximum Gasteiger partial charge on any atom is 0.326 e. The van der Waals surface area contributed by atoms with Crippen LogP contribution >= 0.6 is 0 Å². The Hall–Kier alpha value is -1.69. The fraction of sp³-hybridized carbons (Fsp3) is 0.722. The maximum absolute atomic E-state index is 12.2. The molecule has 0 radical (unpaired) electrons. The highest BCUT2D eigenvalue weighted by molar-refractivity contribution is 5.91. The second-order valence-electron chi connectivity index (χ2n) is 6.64. The third-order valence-corrected chi connectivity index (χ3v) is 4.94. The van der Waals surface area contributed by atoms with E-state index in [0.717, 1.165) is 6.42 Å². The first-order valence-corrected chi connectivity index (χ1v) is 8.69. The van der Waals surface area contributed by atoms with Gasteiger partial charge >= 0.3 is 5.97 Å². The summed E-state index contributed by atoms with van der Waals surface area (Å²) in [5.41, 5.74) is -1.52. The van der Waals surface area contributed by atoms with E-state index >= 15 is 0 Å². The van der Waals surface area contributed by atoms with Crippen molar-refractivity contribution in [3.05, 3.63) is 12.2 Å². The summed E-state index contributed by atoms with van der Waals surface area (Å²) in [5.74, 6) is -2.40. The van der Waals surface area contributed by atoms with Gasteiger partial charge in [-0.25, -0.2) is 4.79 Å². The molecule has 1 aliphatic rings. The van der Waals surface area contributed by atoms with Gasteiger partial charge < -0.3 is 15.5 Å². The normalized spacial score (nSPS) is 26.5. The van der Waals surface area contributed by atoms with Crippen LogP contribution in [0.3, 0.4) is 0 Å². The van der Waals surface area contributed by atoms with Crippen molar-refractivity contribution in [2.24, 2.45) is 11.8 Å². The fourth-order valence-corrected chi connectivity index (χ4v) is 3.11. The number of amides is 1. The first kappa shape index (κ1) is 20.4. The first-order chi connectivity index (χ1) is 11.3. The van der Waals surface area contributed by atoms with Crippen LogP contribution in [-0.2, 0) is 14.4 Å². The summed E-state index contributed by atoms with van der Waals surface area (Å²) in [6, 6.07) is -0.951. The van der Waals surface area contributed by atoms with E-state index in [2.05, 4.69) is 5.32 Å². The van der Waals surface area contributed by atoms with Crippen molar-refractivity contribution < 1.29 is 24.6 Å². The molecule has 136 valence electrons. The zero-order valence-electron chi connectivity index (χ0n) is 14.7. The number of allylic oxidation sites excluding steroid dienone is 1. The number of aliphatic carboxylic acids is 1. The first-order valence-electron chi connectivity index (χ1n) is 8.69. The van der Waals surface area contributed by atoms with E-state index in [1.165, 1.54) is 0 Å². The number of hydrogen-bond donors (Lipinski definition) is 3. The molecule has 1 amide bonds. The molecule has 0 unspecified atom stereocenters. The Morgan fingerprint density at radius 1 is 1.38 bits per heavy atom. The molecule has 0 bridgehead atoms. The van der Waals surface area contributed by atoms with E-state index in [1.54, 1.807) is 13.0 Å². The Morgan fingerprint density at radius 2 is 2.04 bits per heavy atom. The van der Waals surface area contributed by atoms with Gasteiger partial charge in [0.2, 0.25) is 5.91 Å². The van der Waals surface area contributed by atoms with E-state index < -0.39 is 29.4 Å². The minimum absolute atomic E-state index is 0.0393. The highest BCUT2D eigenvalue weighted by atomic mass is 16.4. The SMILES string of the molecule is CC/C=C/C[C@]1(O)C(=O)CC[C@@H]1CC(=O)N[C@H](C(=O)O)[C@H](C)CC. The number of Topliss-reactive ketones (excluding diaryl/α,β-unsaturated/α-hetero) is 1. The summed E-state index contributed by atoms with van der Waals surface area (Å²) >= 11 is 0. The Balaban J connectivity index is 2.75. The van der Waals surface area contributed by atoms with Crippen LogP contribution in [0, 0.1) is 11.8 Å². The van der Waals surface area contributed by atoms with Crippen LogP contribution in [-0.4, -0.2) is 39.5 Å². The van der Waals surface area contributed by atoms with Gasteiger partial charge in [0.15, 0.2) is 5.78 Å². The van der Waals surface area contributed by atoms with Crippen molar-refractivity contribution in [1.82, 2.24) is 5.32 Å². The number of ketones is 1. The van der Waals surface area contributed by atoms with Crippen molar-refractivity contribution in [3.63, 3.8) is 0 Å². The topological polar surface area (TPSA) is 104 Å². The van der Waals surface area contributed by atoms with Gasteiger partial charge in [-0.15, -0.1) is 0 Å². The van der Waals surface area contributed by atoms with Gasteiger partial charge in [-0.3, -0.25) is 9.59 Å². The second kappa shape index (κ2) is 8.97. The van der Waals surface area contributed by atoms with Crippen molar-refractivity contribution in [2.75, 3.05) is 0 Å². The summed E-state index contributed by atoms with van der Waals surface area (Å²) in [6.07, 6.45) is 5.95. The van der Waals surface area contributed by atoms with Crippen LogP contribution in [0.1, 0.15) is 59.3 Å². The number of carboxylic acid groups (broad SMARTS) is 1. The van der Waals surface area contributed by atoms with E-state index in [0.29, 0.717) is 12.8 Å². The lowest BCUT2D eigenvalue weighted by molar-refractivity contribution is -0.144. The van der Waals surface area contributed by atoms with Gasteiger partial charge in [-0.2, -0.15) is 0 Å². The highest BCUT2D eigenvalue weighted by Crippen LogP contribution is 2.38. The van der Waals surface area contributed by atoms with Crippen LogP contribution in [0.2, 0.25) is 0 Å². The molecular formula is C18H29NO5. The average molecular weight is 339 g/mol. The lowest BCUT2D eigenvalue weighted by atomic mass is 9.84. The lowest BCUT2D eigenvalue weighted by Crippen LogP contribution is -2.47. The number of aliphatic hydroxyl groups is 1. The van der Waals surface area contributed by atoms with Crippen LogP contribution < -0.4 is 5.32 Å².